The summed E-state index contributed by atoms with van der Waals surface area (Å²) < 4.78 is 5.28. The molecule has 0 spiro atoms. The van der Waals surface area contributed by atoms with Crippen LogP contribution in [-0.4, -0.2) is 23.9 Å². The summed E-state index contributed by atoms with van der Waals surface area (Å²) in [6.07, 6.45) is 1.45. The van der Waals surface area contributed by atoms with Gasteiger partial charge in [0, 0.05) is 29.6 Å². The number of nitrogens with zero attached hydrogens (tertiary/aromatic N) is 1. The first-order chi connectivity index (χ1) is 13.6. The van der Waals surface area contributed by atoms with E-state index in [2.05, 4.69) is 15.6 Å². The van der Waals surface area contributed by atoms with Gasteiger partial charge in [0.2, 0.25) is 0 Å². The van der Waals surface area contributed by atoms with Crippen LogP contribution in [0.5, 0.6) is 5.75 Å². The van der Waals surface area contributed by atoms with Gasteiger partial charge in [-0.25, -0.2) is 0 Å². The molecule has 2 N–H and O–H groups in total. The average Bonchev–Trinajstić information content (AvgIpc) is 2.74. The van der Waals surface area contributed by atoms with Crippen molar-refractivity contribution in [1.29, 1.82) is 0 Å². The molecule has 0 atom stereocenters. The van der Waals surface area contributed by atoms with Crippen LogP contribution in [0.15, 0.2) is 66.9 Å². The summed E-state index contributed by atoms with van der Waals surface area (Å²) in [4.78, 5) is 29.0. The van der Waals surface area contributed by atoms with Crippen molar-refractivity contribution < 1.29 is 14.3 Å². The molecule has 3 rings (SSSR count). The van der Waals surface area contributed by atoms with E-state index < -0.39 is 0 Å². The Kier molecular flexibility index (Phi) is 6.01. The Bertz CT molecular complexity index is 984. The highest BCUT2D eigenvalue weighted by molar-refractivity contribution is 6.05. The van der Waals surface area contributed by atoms with Crippen molar-refractivity contribution >= 4 is 17.5 Å². The molecule has 0 saturated carbocycles. The lowest BCUT2D eigenvalue weighted by atomic mass is 10.1. The highest BCUT2D eigenvalue weighted by Gasteiger charge is 2.13. The molecular weight excluding hydrogens is 354 g/mol. The summed E-state index contributed by atoms with van der Waals surface area (Å²) >= 11 is 0. The third-order valence-corrected chi connectivity index (χ3v) is 4.20. The van der Waals surface area contributed by atoms with Crippen LogP contribution >= 0.6 is 0 Å². The Balaban J connectivity index is 1.67. The van der Waals surface area contributed by atoms with Crippen molar-refractivity contribution in [2.45, 2.75) is 13.5 Å². The fraction of sp³-hybridized carbons (Fsp3) is 0.136. The number of ether oxygens (including phenoxy) is 1. The van der Waals surface area contributed by atoms with Gasteiger partial charge in [-0.3, -0.25) is 14.6 Å². The number of rotatable bonds is 6. The number of carbonyl (C=O) groups is 2. The van der Waals surface area contributed by atoms with Gasteiger partial charge in [0.05, 0.1) is 7.11 Å². The molecule has 0 aliphatic carbocycles. The Hall–Kier alpha value is -3.67. The second-order valence-electron chi connectivity index (χ2n) is 6.24. The normalized spacial score (nSPS) is 10.2. The van der Waals surface area contributed by atoms with E-state index in [-0.39, 0.29) is 17.5 Å². The summed E-state index contributed by atoms with van der Waals surface area (Å²) in [7, 11) is 1.58. The molecule has 0 aliphatic heterocycles. The van der Waals surface area contributed by atoms with Crippen LogP contribution in [-0.2, 0) is 6.54 Å². The lowest BCUT2D eigenvalue weighted by Gasteiger charge is -2.10. The Labute approximate surface area is 163 Å². The van der Waals surface area contributed by atoms with E-state index in [9.17, 15) is 9.59 Å². The standard InChI is InChI=1S/C22H21N3O3/c1-15-7-9-18(10-8-15)25-21(26)16-11-12-23-19(13-16)22(27)24-14-17-5-3-4-6-20(17)28-2/h3-13H,14H2,1-2H3,(H,24,27)(H,25,26). The summed E-state index contributed by atoms with van der Waals surface area (Å²) in [6, 6.07) is 18.0. The molecule has 6 nitrogen and oxygen atoms in total. The van der Waals surface area contributed by atoms with Crippen molar-refractivity contribution in [2.75, 3.05) is 12.4 Å². The topological polar surface area (TPSA) is 80.3 Å². The number of pyridine rings is 1. The van der Waals surface area contributed by atoms with Gasteiger partial charge in [0.1, 0.15) is 11.4 Å². The van der Waals surface area contributed by atoms with Gasteiger partial charge in [-0.15, -0.1) is 0 Å². The SMILES string of the molecule is COc1ccccc1CNC(=O)c1cc(C(=O)Nc2ccc(C)cc2)ccn1. The third kappa shape index (κ3) is 4.73. The number of para-hydroxylation sites is 1. The number of anilines is 1. The molecule has 0 saturated heterocycles. The number of benzene rings is 2. The van der Waals surface area contributed by atoms with Crippen LogP contribution < -0.4 is 15.4 Å². The lowest BCUT2D eigenvalue weighted by Crippen LogP contribution is -2.24. The predicted molar refractivity (Wildman–Crippen MR) is 108 cm³/mol. The van der Waals surface area contributed by atoms with E-state index in [1.54, 1.807) is 13.2 Å². The molecule has 0 bridgehead atoms. The van der Waals surface area contributed by atoms with Gasteiger partial charge < -0.3 is 15.4 Å². The molecule has 2 aromatic carbocycles. The molecule has 3 aromatic rings. The first kappa shape index (κ1) is 19.1. The largest absolute Gasteiger partial charge is 0.496 e. The van der Waals surface area contributed by atoms with Gasteiger partial charge in [0.15, 0.2) is 0 Å². The van der Waals surface area contributed by atoms with Crippen LogP contribution in [0.4, 0.5) is 5.69 Å². The maximum absolute atomic E-state index is 12.4. The molecule has 0 unspecified atom stereocenters. The molecule has 1 aromatic heterocycles. The molecule has 6 heteroatoms. The molecule has 0 fully saturated rings. The highest BCUT2D eigenvalue weighted by atomic mass is 16.5. The molecule has 0 radical (unpaired) electrons. The van der Waals surface area contributed by atoms with E-state index in [0.29, 0.717) is 23.5 Å². The second-order valence-corrected chi connectivity index (χ2v) is 6.24. The van der Waals surface area contributed by atoms with Gasteiger partial charge >= 0.3 is 0 Å². The van der Waals surface area contributed by atoms with Crippen molar-refractivity contribution in [2.24, 2.45) is 0 Å². The number of hydrogen-bond donors (Lipinski definition) is 2. The quantitative estimate of drug-likeness (QED) is 0.690. The summed E-state index contributed by atoms with van der Waals surface area (Å²) in [6.45, 7) is 2.27. The van der Waals surface area contributed by atoms with Crippen molar-refractivity contribution in [3.8, 4) is 5.75 Å². The first-order valence-corrected chi connectivity index (χ1v) is 8.81. The van der Waals surface area contributed by atoms with Crippen LogP contribution in [0.3, 0.4) is 0 Å². The van der Waals surface area contributed by atoms with Crippen LogP contribution in [0.2, 0.25) is 0 Å². The number of carbonyl (C=O) groups excluding carboxylic acids is 2. The van der Waals surface area contributed by atoms with E-state index in [4.69, 9.17) is 4.74 Å². The first-order valence-electron chi connectivity index (χ1n) is 8.81. The van der Waals surface area contributed by atoms with Crippen LogP contribution in [0.25, 0.3) is 0 Å². The number of aryl methyl sites for hydroxylation is 1. The van der Waals surface area contributed by atoms with Gasteiger partial charge in [-0.05, 0) is 37.3 Å². The van der Waals surface area contributed by atoms with Gasteiger partial charge in [-0.1, -0.05) is 35.9 Å². The minimum absolute atomic E-state index is 0.173. The Morgan fingerprint density at radius 2 is 1.75 bits per heavy atom. The number of amides is 2. The average molecular weight is 375 g/mol. The zero-order valence-corrected chi connectivity index (χ0v) is 15.7. The smallest absolute Gasteiger partial charge is 0.270 e. The third-order valence-electron chi connectivity index (χ3n) is 4.20. The molecule has 142 valence electrons. The monoisotopic (exact) mass is 375 g/mol. The summed E-state index contributed by atoms with van der Waals surface area (Å²) in [5.74, 6) is 0.0305. The maximum Gasteiger partial charge on any atom is 0.270 e. The number of nitrogens with one attached hydrogen (secondary N) is 2. The maximum atomic E-state index is 12.4. The summed E-state index contributed by atoms with van der Waals surface area (Å²) in [5.41, 5.74) is 3.18. The number of hydrogen-bond acceptors (Lipinski definition) is 4. The van der Waals surface area contributed by atoms with Crippen molar-refractivity contribution in [3.63, 3.8) is 0 Å². The minimum atomic E-state index is -0.365. The van der Waals surface area contributed by atoms with Gasteiger partial charge in [-0.2, -0.15) is 0 Å². The molecule has 28 heavy (non-hydrogen) atoms. The molecule has 2 amide bonds. The Morgan fingerprint density at radius 1 is 1.00 bits per heavy atom. The Morgan fingerprint density at radius 3 is 2.50 bits per heavy atom. The van der Waals surface area contributed by atoms with E-state index in [1.165, 1.54) is 12.3 Å². The fourth-order valence-electron chi connectivity index (χ4n) is 2.65. The second kappa shape index (κ2) is 8.81. The van der Waals surface area contributed by atoms with Crippen LogP contribution in [0, 0.1) is 6.92 Å². The van der Waals surface area contributed by atoms with Crippen molar-refractivity contribution in [3.05, 3.63) is 89.2 Å². The molecule has 1 heterocycles. The zero-order chi connectivity index (χ0) is 19.9. The fourth-order valence-corrected chi connectivity index (χ4v) is 2.65. The van der Waals surface area contributed by atoms with Crippen molar-refractivity contribution in [1.82, 2.24) is 10.3 Å². The van der Waals surface area contributed by atoms with E-state index >= 15 is 0 Å². The lowest BCUT2D eigenvalue weighted by molar-refractivity contribution is 0.0945. The molecule has 0 aliphatic rings. The number of methoxy groups -OCH3 is 1. The highest BCUT2D eigenvalue weighted by Crippen LogP contribution is 2.17. The van der Waals surface area contributed by atoms with E-state index in [1.807, 2.05) is 55.5 Å². The predicted octanol–water partition coefficient (Wildman–Crippen LogP) is 3.58. The van der Waals surface area contributed by atoms with E-state index in [0.717, 1.165) is 11.1 Å². The molecular formula is C22H21N3O3. The van der Waals surface area contributed by atoms with Gasteiger partial charge in [0.25, 0.3) is 11.8 Å². The summed E-state index contributed by atoms with van der Waals surface area (Å²) in [5, 5.41) is 5.61. The zero-order valence-electron chi connectivity index (χ0n) is 15.7. The minimum Gasteiger partial charge on any atom is -0.496 e. The van der Waals surface area contributed by atoms with Crippen LogP contribution in [0.1, 0.15) is 32.0 Å². The number of aromatic nitrogens is 1.